The molecule has 0 bridgehead atoms. The predicted molar refractivity (Wildman–Crippen MR) is 53.0 cm³/mol. The highest BCUT2D eigenvalue weighted by atomic mass is 32.2. The number of thioether (sulfide) groups is 1. The molecule has 3 nitrogen and oxygen atoms in total. The number of rotatable bonds is 0. The Hall–Kier alpha value is -0.350. The molecule has 2 rings (SSSR count). The molecule has 0 aromatic carbocycles. The van der Waals surface area contributed by atoms with Crippen molar-refractivity contribution >= 4 is 11.8 Å². The fourth-order valence-electron chi connectivity index (χ4n) is 1.54. The number of nitrogens with zero attached hydrogens (tertiary/aromatic N) is 1. The van der Waals surface area contributed by atoms with E-state index in [-0.39, 0.29) is 0 Å². The van der Waals surface area contributed by atoms with Crippen LogP contribution in [0.15, 0.2) is 11.4 Å². The number of hydrogen-bond donors (Lipinski definition) is 2. The molecule has 0 radical (unpaired) electrons. The summed E-state index contributed by atoms with van der Waals surface area (Å²) < 4.78 is 0. The summed E-state index contributed by atoms with van der Waals surface area (Å²) in [5.41, 5.74) is 2.81. The minimum Gasteiger partial charge on any atom is -0.385 e. The average molecular weight is 185 g/mol. The molecule has 68 valence electrons. The Bertz CT molecular complexity index is 194. The summed E-state index contributed by atoms with van der Waals surface area (Å²) in [6.07, 6.45) is 0. The van der Waals surface area contributed by atoms with Crippen molar-refractivity contribution < 1.29 is 0 Å². The molecule has 4 heteroatoms. The second-order valence-electron chi connectivity index (χ2n) is 3.29. The summed E-state index contributed by atoms with van der Waals surface area (Å²) in [7, 11) is 2.17. The smallest absolute Gasteiger partial charge is 0.0612 e. The van der Waals surface area contributed by atoms with E-state index in [0.717, 1.165) is 31.3 Å². The lowest BCUT2D eigenvalue weighted by molar-refractivity contribution is 0.320. The predicted octanol–water partition coefficient (Wildman–Crippen LogP) is 0.0269. The summed E-state index contributed by atoms with van der Waals surface area (Å²) in [5.74, 6) is 2.22. The third-order valence-electron chi connectivity index (χ3n) is 2.26. The second kappa shape index (κ2) is 3.58. The Balaban J connectivity index is 2.05. The molecule has 2 fully saturated rings. The van der Waals surface area contributed by atoms with Gasteiger partial charge in [0.25, 0.3) is 0 Å². The summed E-state index contributed by atoms with van der Waals surface area (Å²) in [4.78, 5) is 2.35. The first-order chi connectivity index (χ1) is 5.86. The van der Waals surface area contributed by atoms with Crippen LogP contribution in [0, 0.1) is 0 Å². The van der Waals surface area contributed by atoms with Gasteiger partial charge in [-0.1, -0.05) is 0 Å². The fourth-order valence-corrected chi connectivity index (χ4v) is 2.40. The molecule has 0 amide bonds. The van der Waals surface area contributed by atoms with Crippen LogP contribution < -0.4 is 10.6 Å². The first-order valence-electron chi connectivity index (χ1n) is 4.32. The molecule has 2 heterocycles. The Morgan fingerprint density at radius 1 is 1.33 bits per heavy atom. The normalized spacial score (nSPS) is 31.4. The van der Waals surface area contributed by atoms with Crippen molar-refractivity contribution in [3.63, 3.8) is 0 Å². The van der Waals surface area contributed by atoms with Gasteiger partial charge in [-0.3, -0.25) is 4.90 Å². The molecule has 0 spiro atoms. The number of hydrogen-bond acceptors (Lipinski definition) is 4. The lowest BCUT2D eigenvalue weighted by Gasteiger charge is -2.27. The zero-order valence-corrected chi connectivity index (χ0v) is 8.21. The van der Waals surface area contributed by atoms with Crippen molar-refractivity contribution in [2.45, 2.75) is 0 Å². The van der Waals surface area contributed by atoms with Gasteiger partial charge in [0.2, 0.25) is 0 Å². The number of piperazine rings is 1. The van der Waals surface area contributed by atoms with E-state index in [1.807, 2.05) is 11.8 Å². The van der Waals surface area contributed by atoms with Crippen LogP contribution in [0.3, 0.4) is 0 Å². The van der Waals surface area contributed by atoms with E-state index in [1.165, 1.54) is 11.4 Å². The molecule has 0 unspecified atom stereocenters. The molecule has 12 heavy (non-hydrogen) atoms. The molecule has 2 aliphatic heterocycles. The lowest BCUT2D eigenvalue weighted by Crippen LogP contribution is -2.41. The third kappa shape index (κ3) is 1.69. The maximum atomic E-state index is 3.45. The van der Waals surface area contributed by atoms with Gasteiger partial charge in [0.15, 0.2) is 0 Å². The molecular weight excluding hydrogens is 170 g/mol. The Labute approximate surface area is 77.6 Å². The monoisotopic (exact) mass is 185 g/mol. The molecule has 2 N–H and O–H groups in total. The topological polar surface area (TPSA) is 27.3 Å². The minimum absolute atomic E-state index is 1.07. The van der Waals surface area contributed by atoms with Crippen LogP contribution in [0.25, 0.3) is 0 Å². The van der Waals surface area contributed by atoms with E-state index in [9.17, 15) is 0 Å². The summed E-state index contributed by atoms with van der Waals surface area (Å²) in [5, 5.41) is 6.85. The van der Waals surface area contributed by atoms with Crippen LogP contribution in [0.4, 0.5) is 0 Å². The fraction of sp³-hybridized carbons (Fsp3) is 0.750. The quantitative estimate of drug-likeness (QED) is 0.557. The van der Waals surface area contributed by atoms with Gasteiger partial charge in [-0.2, -0.15) is 0 Å². The first kappa shape index (κ1) is 8.26. The highest BCUT2D eigenvalue weighted by Crippen LogP contribution is 2.16. The van der Waals surface area contributed by atoms with E-state index in [0.29, 0.717) is 0 Å². The lowest BCUT2D eigenvalue weighted by atomic mass is 10.2. The molecule has 0 aliphatic carbocycles. The maximum Gasteiger partial charge on any atom is 0.0612 e. The molecule has 0 atom stereocenters. The van der Waals surface area contributed by atoms with E-state index < -0.39 is 0 Å². The van der Waals surface area contributed by atoms with Gasteiger partial charge in [0, 0.05) is 36.8 Å². The van der Waals surface area contributed by atoms with Gasteiger partial charge < -0.3 is 10.6 Å². The number of likely N-dealkylation sites (N-methyl/N-ethyl adjacent to an activating group) is 1. The van der Waals surface area contributed by atoms with Gasteiger partial charge in [0.05, 0.1) is 5.88 Å². The maximum absolute atomic E-state index is 3.45. The molecule has 0 aromatic heterocycles. The molecule has 0 saturated carbocycles. The van der Waals surface area contributed by atoms with Crippen molar-refractivity contribution in [2.75, 3.05) is 38.3 Å². The Morgan fingerprint density at radius 3 is 2.92 bits per heavy atom. The highest BCUT2D eigenvalue weighted by molar-refractivity contribution is 7.99. The van der Waals surface area contributed by atoms with E-state index in [1.54, 1.807) is 0 Å². The average Bonchev–Trinajstić information content (AvgIpc) is 2.56. The molecule has 0 aromatic rings. The SMILES string of the molecule is CN1CCN/C(=C2/CSCN2)C1. The van der Waals surface area contributed by atoms with Gasteiger partial charge in [-0.05, 0) is 7.05 Å². The van der Waals surface area contributed by atoms with E-state index in [4.69, 9.17) is 0 Å². The largest absolute Gasteiger partial charge is 0.385 e. The zero-order valence-electron chi connectivity index (χ0n) is 7.39. The Morgan fingerprint density at radius 2 is 2.25 bits per heavy atom. The second-order valence-corrected chi connectivity index (χ2v) is 4.28. The van der Waals surface area contributed by atoms with Crippen molar-refractivity contribution in [3.05, 3.63) is 11.4 Å². The van der Waals surface area contributed by atoms with Crippen LogP contribution in [-0.2, 0) is 0 Å². The van der Waals surface area contributed by atoms with Gasteiger partial charge in [0.1, 0.15) is 0 Å². The van der Waals surface area contributed by atoms with Gasteiger partial charge in [-0.15, -0.1) is 11.8 Å². The zero-order chi connectivity index (χ0) is 8.39. The highest BCUT2D eigenvalue weighted by Gasteiger charge is 2.16. The van der Waals surface area contributed by atoms with Crippen molar-refractivity contribution in [2.24, 2.45) is 0 Å². The van der Waals surface area contributed by atoms with Crippen molar-refractivity contribution in [3.8, 4) is 0 Å². The van der Waals surface area contributed by atoms with Crippen molar-refractivity contribution in [1.29, 1.82) is 0 Å². The first-order valence-corrected chi connectivity index (χ1v) is 5.48. The van der Waals surface area contributed by atoms with E-state index in [2.05, 4.69) is 22.6 Å². The van der Waals surface area contributed by atoms with Gasteiger partial charge in [-0.25, -0.2) is 0 Å². The van der Waals surface area contributed by atoms with Crippen LogP contribution in [-0.4, -0.2) is 43.2 Å². The molecular formula is C8H15N3S. The summed E-state index contributed by atoms with van der Waals surface area (Å²) in [6, 6.07) is 0. The molecule has 2 saturated heterocycles. The van der Waals surface area contributed by atoms with E-state index >= 15 is 0 Å². The number of nitrogens with one attached hydrogen (secondary N) is 2. The standard InChI is InChI=1S/C8H15N3S/c1-11-3-2-9-7(4-11)8-5-12-6-10-8/h9-10H,2-6H2,1H3/b8-7-. The summed E-state index contributed by atoms with van der Waals surface area (Å²) >= 11 is 1.95. The van der Waals surface area contributed by atoms with Crippen molar-refractivity contribution in [1.82, 2.24) is 15.5 Å². The van der Waals surface area contributed by atoms with Crippen LogP contribution >= 0.6 is 11.8 Å². The minimum atomic E-state index is 1.07. The third-order valence-corrected chi connectivity index (χ3v) is 3.10. The van der Waals surface area contributed by atoms with Crippen LogP contribution in [0.5, 0.6) is 0 Å². The summed E-state index contributed by atoms with van der Waals surface area (Å²) in [6.45, 7) is 3.31. The van der Waals surface area contributed by atoms with Crippen LogP contribution in [0.2, 0.25) is 0 Å². The Kier molecular flexibility index (Phi) is 2.46. The molecule has 2 aliphatic rings. The van der Waals surface area contributed by atoms with Gasteiger partial charge >= 0.3 is 0 Å². The van der Waals surface area contributed by atoms with Crippen LogP contribution in [0.1, 0.15) is 0 Å².